The lowest BCUT2D eigenvalue weighted by Crippen LogP contribution is -2.16. The Morgan fingerprint density at radius 3 is 2.42 bits per heavy atom. The smallest absolute Gasteiger partial charge is 0.348 e. The molecule has 186 valence electrons. The molecule has 6 nitrogen and oxygen atoms in total. The number of hydrogen-bond donors (Lipinski definition) is 2. The van der Waals surface area contributed by atoms with Crippen LogP contribution in [0, 0.1) is 6.92 Å². The number of thiophene rings is 1. The van der Waals surface area contributed by atoms with Gasteiger partial charge in [-0.3, -0.25) is 4.57 Å². The number of rotatable bonds is 10. The van der Waals surface area contributed by atoms with E-state index in [9.17, 15) is 14.5 Å². The summed E-state index contributed by atoms with van der Waals surface area (Å²) >= 11 is 7.47. The van der Waals surface area contributed by atoms with Crippen LogP contribution < -0.4 is 15.1 Å². The van der Waals surface area contributed by atoms with Crippen LogP contribution >= 0.6 is 30.5 Å². The lowest BCUT2D eigenvalue weighted by Gasteiger charge is -2.21. The summed E-state index contributed by atoms with van der Waals surface area (Å²) in [5.41, 5.74) is 2.99. The van der Waals surface area contributed by atoms with Gasteiger partial charge in [-0.05, 0) is 73.0 Å². The van der Waals surface area contributed by atoms with Crippen LogP contribution in [0.2, 0.25) is 5.02 Å². The Morgan fingerprint density at radius 1 is 1.06 bits per heavy atom. The summed E-state index contributed by atoms with van der Waals surface area (Å²) in [7, 11) is -3.70. The molecule has 0 bridgehead atoms. The highest BCUT2D eigenvalue weighted by molar-refractivity contribution is 7.68. The number of halogens is 1. The van der Waals surface area contributed by atoms with E-state index in [0.29, 0.717) is 22.5 Å². The average molecular weight is 542 g/mol. The van der Waals surface area contributed by atoms with Crippen molar-refractivity contribution in [2.45, 2.75) is 20.5 Å². The zero-order valence-electron chi connectivity index (χ0n) is 19.7. The molecule has 1 aromatic heterocycles. The molecule has 1 heterocycles. The molecule has 0 saturated carbocycles. The van der Waals surface area contributed by atoms with E-state index < -0.39 is 13.5 Å². The Labute approximate surface area is 219 Å². The molecule has 4 aromatic rings. The van der Waals surface area contributed by atoms with E-state index in [1.807, 2.05) is 61.5 Å². The summed E-state index contributed by atoms with van der Waals surface area (Å²) in [6.45, 7) is 4.19. The molecule has 0 fully saturated rings. The first-order valence-electron chi connectivity index (χ1n) is 11.2. The molecule has 0 radical (unpaired) electrons. The first kappa shape index (κ1) is 26.0. The van der Waals surface area contributed by atoms with Crippen molar-refractivity contribution in [3.8, 4) is 16.2 Å². The lowest BCUT2D eigenvalue weighted by atomic mass is 10.2. The zero-order valence-corrected chi connectivity index (χ0v) is 22.2. The minimum atomic E-state index is -3.70. The van der Waals surface area contributed by atoms with Crippen LogP contribution in [-0.4, -0.2) is 17.7 Å². The molecular weight excluding hydrogens is 517 g/mol. The maximum Gasteiger partial charge on any atom is 0.348 e. The summed E-state index contributed by atoms with van der Waals surface area (Å²) in [4.78, 5) is 12.7. The van der Waals surface area contributed by atoms with Gasteiger partial charge in [0.1, 0.15) is 17.2 Å². The fraction of sp³-hybridized carbons (Fsp3) is 0.148. The molecule has 2 N–H and O–H groups in total. The van der Waals surface area contributed by atoms with Gasteiger partial charge >= 0.3 is 13.5 Å². The number of carboxylic acid groups (broad SMARTS) is 1. The summed E-state index contributed by atoms with van der Waals surface area (Å²) in [6, 6.07) is 24.0. The van der Waals surface area contributed by atoms with Crippen molar-refractivity contribution in [3.05, 3.63) is 99.9 Å². The number of anilines is 1. The monoisotopic (exact) mass is 541 g/mol. The Morgan fingerprint density at radius 2 is 1.78 bits per heavy atom. The van der Waals surface area contributed by atoms with Gasteiger partial charge in [-0.2, -0.15) is 0 Å². The molecule has 36 heavy (non-hydrogen) atoms. The van der Waals surface area contributed by atoms with Gasteiger partial charge in [0.05, 0.1) is 22.6 Å². The van der Waals surface area contributed by atoms with Gasteiger partial charge in [0.2, 0.25) is 0 Å². The maximum atomic E-state index is 13.8. The molecule has 0 aliphatic rings. The van der Waals surface area contributed by atoms with Crippen molar-refractivity contribution in [1.82, 2.24) is 0 Å². The minimum absolute atomic E-state index is 0.0255. The molecule has 0 aliphatic heterocycles. The van der Waals surface area contributed by atoms with Crippen LogP contribution in [0.1, 0.15) is 27.7 Å². The second-order valence-electron chi connectivity index (χ2n) is 7.99. The van der Waals surface area contributed by atoms with E-state index in [1.165, 1.54) is 0 Å². The van der Waals surface area contributed by atoms with Crippen molar-refractivity contribution >= 4 is 47.4 Å². The van der Waals surface area contributed by atoms with Gasteiger partial charge in [-0.15, -0.1) is 11.3 Å². The summed E-state index contributed by atoms with van der Waals surface area (Å²) in [5, 5.41) is 13.3. The largest absolute Gasteiger partial charge is 0.489 e. The summed E-state index contributed by atoms with van der Waals surface area (Å²) in [6.07, 6.45) is 0. The van der Waals surface area contributed by atoms with Gasteiger partial charge in [0.25, 0.3) is 0 Å². The van der Waals surface area contributed by atoms with Crippen molar-refractivity contribution in [1.29, 1.82) is 0 Å². The number of nitrogens with one attached hydrogen (secondary N) is 1. The van der Waals surface area contributed by atoms with E-state index in [2.05, 4.69) is 5.09 Å². The predicted molar refractivity (Wildman–Crippen MR) is 146 cm³/mol. The minimum Gasteiger partial charge on any atom is -0.489 e. The molecule has 1 unspecified atom stereocenters. The summed E-state index contributed by atoms with van der Waals surface area (Å²) in [5.74, 6) is -0.430. The molecule has 1 atom stereocenters. The van der Waals surface area contributed by atoms with Gasteiger partial charge in [0, 0.05) is 4.88 Å². The Bertz CT molecular complexity index is 1410. The van der Waals surface area contributed by atoms with Crippen LogP contribution in [0.25, 0.3) is 10.4 Å². The molecule has 0 amide bonds. The van der Waals surface area contributed by atoms with Crippen molar-refractivity contribution in [2.75, 3.05) is 11.7 Å². The summed E-state index contributed by atoms with van der Waals surface area (Å²) < 4.78 is 25.3. The van der Waals surface area contributed by atoms with E-state index >= 15 is 0 Å². The Kier molecular flexibility index (Phi) is 8.17. The van der Waals surface area contributed by atoms with E-state index in [-0.39, 0.29) is 22.2 Å². The average Bonchev–Trinajstić information content (AvgIpc) is 3.27. The highest BCUT2D eigenvalue weighted by atomic mass is 35.5. The molecule has 0 saturated heterocycles. The quantitative estimate of drug-likeness (QED) is 0.201. The van der Waals surface area contributed by atoms with Crippen molar-refractivity contribution in [2.24, 2.45) is 0 Å². The first-order valence-corrected chi connectivity index (χ1v) is 14.0. The Balaban J connectivity index is 1.60. The standard InChI is InChI=1S/C27H25ClNO5PS/c1-3-34-35(32,24-14-9-18(2)15-22(24)28)29-23-16-25(36-26(23)27(30)31)20-10-12-21(13-11-20)33-17-19-7-5-4-6-8-19/h4-16H,3,17H2,1-2H3,(H,29,32)(H,30,31). The number of aromatic carboxylic acids is 1. The molecule has 9 heteroatoms. The van der Waals surface area contributed by atoms with Gasteiger partial charge in [0.15, 0.2) is 0 Å². The van der Waals surface area contributed by atoms with Crippen LogP contribution in [0.5, 0.6) is 5.75 Å². The highest BCUT2D eigenvalue weighted by Gasteiger charge is 2.31. The second kappa shape index (κ2) is 11.3. The molecular formula is C27H25ClNO5PS. The third-order valence-corrected chi connectivity index (χ3v) is 9.11. The third-order valence-electron chi connectivity index (χ3n) is 5.31. The Hall–Kier alpha value is -3.09. The molecule has 0 aliphatic carbocycles. The zero-order chi connectivity index (χ0) is 25.7. The number of aryl methyl sites for hydroxylation is 1. The van der Waals surface area contributed by atoms with Crippen molar-refractivity contribution < 1.29 is 23.7 Å². The number of carbonyl (C=O) groups is 1. The highest BCUT2D eigenvalue weighted by Crippen LogP contribution is 2.50. The van der Waals surface area contributed by atoms with Gasteiger partial charge in [-0.1, -0.05) is 48.0 Å². The van der Waals surface area contributed by atoms with E-state index in [1.54, 1.807) is 31.2 Å². The molecule has 3 aromatic carbocycles. The number of ether oxygens (including phenoxy) is 1. The maximum absolute atomic E-state index is 13.8. The number of hydrogen-bond acceptors (Lipinski definition) is 5. The van der Waals surface area contributed by atoms with Gasteiger partial charge < -0.3 is 19.5 Å². The second-order valence-corrected chi connectivity index (χ2v) is 11.5. The van der Waals surface area contributed by atoms with Crippen molar-refractivity contribution in [3.63, 3.8) is 0 Å². The third kappa shape index (κ3) is 6.00. The number of carboxylic acids is 1. The first-order chi connectivity index (χ1) is 17.3. The lowest BCUT2D eigenvalue weighted by molar-refractivity contribution is 0.0703. The SMILES string of the molecule is CCOP(=O)(Nc1cc(-c2ccc(OCc3ccccc3)cc2)sc1C(=O)O)c1ccc(C)cc1Cl. The van der Waals surface area contributed by atoms with Crippen LogP contribution in [0.15, 0.2) is 78.9 Å². The van der Waals surface area contributed by atoms with Crippen LogP contribution in [0.4, 0.5) is 5.69 Å². The number of benzene rings is 3. The molecule has 4 rings (SSSR count). The van der Waals surface area contributed by atoms with E-state index in [4.69, 9.17) is 20.9 Å². The van der Waals surface area contributed by atoms with Gasteiger partial charge in [-0.25, -0.2) is 4.79 Å². The normalized spacial score (nSPS) is 12.6. The van der Waals surface area contributed by atoms with Crippen LogP contribution in [-0.2, 0) is 15.7 Å². The van der Waals surface area contributed by atoms with E-state index in [0.717, 1.165) is 28.0 Å². The fourth-order valence-corrected chi connectivity index (χ4v) is 6.98. The topological polar surface area (TPSA) is 84.9 Å². The van der Waals surface area contributed by atoms with Crippen LogP contribution in [0.3, 0.4) is 0 Å². The fourth-order valence-electron chi connectivity index (χ4n) is 3.58. The molecule has 0 spiro atoms. The predicted octanol–water partition coefficient (Wildman–Crippen LogP) is 7.62.